The van der Waals surface area contributed by atoms with Crippen LogP contribution in [0.2, 0.25) is 0 Å². The second kappa shape index (κ2) is 4.68. The van der Waals surface area contributed by atoms with E-state index in [0.29, 0.717) is 0 Å². The van der Waals surface area contributed by atoms with E-state index in [9.17, 15) is 25.2 Å². The van der Waals surface area contributed by atoms with Crippen molar-refractivity contribution in [1.29, 1.82) is 0 Å². The van der Waals surface area contributed by atoms with Crippen LogP contribution in [-0.2, 0) is 0 Å². The van der Waals surface area contributed by atoms with Crippen LogP contribution < -0.4 is 4.74 Å². The van der Waals surface area contributed by atoms with Crippen LogP contribution in [-0.4, -0.2) is 32.3 Å². The second-order valence-electron chi connectivity index (χ2n) is 4.74. The van der Waals surface area contributed by atoms with Crippen LogP contribution in [0.25, 0.3) is 0 Å². The Bertz CT molecular complexity index is 724. The van der Waals surface area contributed by atoms with Crippen molar-refractivity contribution in [3.63, 3.8) is 0 Å². The first-order chi connectivity index (χ1) is 9.99. The number of carbonyl (C=O) groups is 1. The minimum absolute atomic E-state index is 0.0680. The van der Waals surface area contributed by atoms with Gasteiger partial charge in [-0.3, -0.25) is 4.79 Å². The van der Waals surface area contributed by atoms with Crippen molar-refractivity contribution in [3.05, 3.63) is 47.5 Å². The van der Waals surface area contributed by atoms with Crippen molar-refractivity contribution in [2.45, 2.75) is 12.2 Å². The van der Waals surface area contributed by atoms with Gasteiger partial charge in [0.2, 0.25) is 0 Å². The second-order valence-corrected chi connectivity index (χ2v) is 4.74. The number of para-hydroxylation sites is 1. The Kier molecular flexibility index (Phi) is 2.95. The SMILES string of the molecule is O=C1c2cc(O)ccc2O[C@H](c2cccc(O)c2O)[C@H]1O. The Morgan fingerprint density at radius 2 is 1.81 bits per heavy atom. The van der Waals surface area contributed by atoms with E-state index in [1.54, 1.807) is 0 Å². The van der Waals surface area contributed by atoms with Gasteiger partial charge in [0.25, 0.3) is 0 Å². The molecule has 1 aliphatic heterocycles. The predicted octanol–water partition coefficient (Wildman–Crippen LogP) is 1.48. The number of aliphatic hydroxyl groups excluding tert-OH is 1. The average molecular weight is 288 g/mol. The summed E-state index contributed by atoms with van der Waals surface area (Å²) in [5.41, 5.74) is 0.174. The van der Waals surface area contributed by atoms with Gasteiger partial charge in [0.1, 0.15) is 11.5 Å². The van der Waals surface area contributed by atoms with Crippen LogP contribution in [0.15, 0.2) is 36.4 Å². The van der Waals surface area contributed by atoms with Crippen LogP contribution in [0.3, 0.4) is 0 Å². The average Bonchev–Trinajstić information content (AvgIpc) is 2.47. The molecular weight excluding hydrogens is 276 g/mol. The molecule has 0 saturated carbocycles. The van der Waals surface area contributed by atoms with E-state index < -0.39 is 23.7 Å². The van der Waals surface area contributed by atoms with E-state index in [1.165, 1.54) is 36.4 Å². The van der Waals surface area contributed by atoms with E-state index in [0.717, 1.165) is 0 Å². The lowest BCUT2D eigenvalue weighted by Gasteiger charge is -2.30. The van der Waals surface area contributed by atoms with Gasteiger partial charge in [-0.15, -0.1) is 0 Å². The maximum absolute atomic E-state index is 12.2. The van der Waals surface area contributed by atoms with E-state index in [4.69, 9.17) is 4.74 Å². The molecule has 4 N–H and O–H groups in total. The number of hydrogen-bond donors (Lipinski definition) is 4. The Balaban J connectivity index is 2.08. The van der Waals surface area contributed by atoms with Gasteiger partial charge in [0.15, 0.2) is 29.5 Å². The van der Waals surface area contributed by atoms with Crippen molar-refractivity contribution in [2.24, 2.45) is 0 Å². The summed E-state index contributed by atoms with van der Waals surface area (Å²) in [5.74, 6) is -1.36. The zero-order valence-corrected chi connectivity index (χ0v) is 10.7. The molecule has 2 atom stereocenters. The smallest absolute Gasteiger partial charge is 0.199 e. The van der Waals surface area contributed by atoms with Crippen molar-refractivity contribution in [2.75, 3.05) is 0 Å². The molecule has 0 saturated heterocycles. The van der Waals surface area contributed by atoms with Gasteiger partial charge in [-0.1, -0.05) is 12.1 Å². The van der Waals surface area contributed by atoms with Crippen molar-refractivity contribution in [1.82, 2.24) is 0 Å². The Morgan fingerprint density at radius 3 is 2.57 bits per heavy atom. The molecule has 21 heavy (non-hydrogen) atoms. The first-order valence-corrected chi connectivity index (χ1v) is 6.22. The zero-order valence-electron chi connectivity index (χ0n) is 10.7. The van der Waals surface area contributed by atoms with Crippen LogP contribution >= 0.6 is 0 Å². The molecule has 6 heteroatoms. The van der Waals surface area contributed by atoms with Crippen molar-refractivity contribution < 1.29 is 30.0 Å². The predicted molar refractivity (Wildman–Crippen MR) is 71.6 cm³/mol. The van der Waals surface area contributed by atoms with Crippen LogP contribution in [0.5, 0.6) is 23.0 Å². The zero-order chi connectivity index (χ0) is 15.1. The number of Topliss-reactive ketones (excluding diaryl/α,β-unsaturated/α-hetero) is 1. The lowest BCUT2D eigenvalue weighted by Crippen LogP contribution is -2.36. The highest BCUT2D eigenvalue weighted by Gasteiger charge is 2.38. The summed E-state index contributed by atoms with van der Waals surface area (Å²) in [6.07, 6.45) is -2.69. The molecule has 6 nitrogen and oxygen atoms in total. The fourth-order valence-corrected chi connectivity index (χ4v) is 2.32. The third-order valence-corrected chi connectivity index (χ3v) is 3.39. The quantitative estimate of drug-likeness (QED) is 0.592. The number of aliphatic hydroxyl groups is 1. The lowest BCUT2D eigenvalue weighted by molar-refractivity contribution is 0.0207. The van der Waals surface area contributed by atoms with E-state index in [-0.39, 0.29) is 28.4 Å². The monoisotopic (exact) mass is 288 g/mol. The number of carbonyl (C=O) groups excluding carboxylic acids is 1. The van der Waals surface area contributed by atoms with Gasteiger partial charge in [-0.25, -0.2) is 0 Å². The number of rotatable bonds is 1. The van der Waals surface area contributed by atoms with Crippen LogP contribution in [0, 0.1) is 0 Å². The summed E-state index contributed by atoms with van der Waals surface area (Å²) in [6.45, 7) is 0. The van der Waals surface area contributed by atoms with Crippen LogP contribution in [0.1, 0.15) is 22.0 Å². The van der Waals surface area contributed by atoms with Gasteiger partial charge >= 0.3 is 0 Å². The topological polar surface area (TPSA) is 107 Å². The maximum Gasteiger partial charge on any atom is 0.199 e. The first kappa shape index (κ1) is 13.3. The molecule has 0 spiro atoms. The van der Waals surface area contributed by atoms with Crippen molar-refractivity contribution >= 4 is 5.78 Å². The van der Waals surface area contributed by atoms with Gasteiger partial charge in [0, 0.05) is 5.56 Å². The summed E-state index contributed by atoms with van der Waals surface area (Å²) in [7, 11) is 0. The molecule has 3 rings (SSSR count). The largest absolute Gasteiger partial charge is 0.508 e. The highest BCUT2D eigenvalue weighted by atomic mass is 16.5. The van der Waals surface area contributed by atoms with Crippen molar-refractivity contribution in [3.8, 4) is 23.0 Å². The Hall–Kier alpha value is -2.73. The molecule has 0 aromatic heterocycles. The number of hydrogen-bond acceptors (Lipinski definition) is 6. The third-order valence-electron chi connectivity index (χ3n) is 3.39. The molecular formula is C15H12O6. The highest BCUT2D eigenvalue weighted by molar-refractivity contribution is 6.03. The molecule has 0 bridgehead atoms. The number of ketones is 1. The van der Waals surface area contributed by atoms with E-state index in [2.05, 4.69) is 0 Å². The summed E-state index contributed by atoms with van der Waals surface area (Å²) in [4.78, 5) is 12.2. The standard InChI is InChI=1S/C15H12O6/c16-7-4-5-11-9(6-7)13(19)14(20)15(21-11)8-2-1-3-10(17)12(8)18/h1-6,14-18,20H/t14-,15+/m0/s1. The number of benzene rings is 2. The van der Waals surface area contributed by atoms with E-state index >= 15 is 0 Å². The maximum atomic E-state index is 12.2. The normalized spacial score (nSPS) is 20.7. The van der Waals surface area contributed by atoms with Gasteiger partial charge in [0.05, 0.1) is 5.56 Å². The number of fused-ring (bicyclic) bond motifs is 1. The summed E-state index contributed by atoms with van der Waals surface area (Å²) in [6, 6.07) is 8.16. The number of ether oxygens (including phenoxy) is 1. The molecule has 1 aliphatic rings. The van der Waals surface area contributed by atoms with Gasteiger partial charge in [-0.05, 0) is 24.3 Å². The number of phenolic OH excluding ortho intramolecular Hbond substituents is 3. The first-order valence-electron chi connectivity index (χ1n) is 6.22. The molecule has 2 aromatic rings. The van der Waals surface area contributed by atoms with Gasteiger partial charge < -0.3 is 25.2 Å². The molecule has 2 aromatic carbocycles. The molecule has 0 radical (unpaired) electrons. The Morgan fingerprint density at radius 1 is 1.05 bits per heavy atom. The molecule has 0 amide bonds. The number of aromatic hydroxyl groups is 3. The highest BCUT2D eigenvalue weighted by Crippen LogP contribution is 2.41. The Labute approximate surface area is 119 Å². The summed E-state index contributed by atoms with van der Waals surface area (Å²) >= 11 is 0. The summed E-state index contributed by atoms with van der Waals surface area (Å²) in [5, 5.41) is 38.9. The molecule has 0 aliphatic carbocycles. The molecule has 0 unspecified atom stereocenters. The third kappa shape index (κ3) is 2.05. The fraction of sp³-hybridized carbons (Fsp3) is 0.133. The van der Waals surface area contributed by atoms with Gasteiger partial charge in [-0.2, -0.15) is 0 Å². The molecule has 108 valence electrons. The molecule has 1 heterocycles. The molecule has 0 fully saturated rings. The minimum Gasteiger partial charge on any atom is -0.508 e. The van der Waals surface area contributed by atoms with Crippen LogP contribution in [0.4, 0.5) is 0 Å². The summed E-state index contributed by atoms with van der Waals surface area (Å²) < 4.78 is 5.54. The lowest BCUT2D eigenvalue weighted by atomic mass is 9.93. The fourth-order valence-electron chi connectivity index (χ4n) is 2.32. The van der Waals surface area contributed by atoms with E-state index in [1.807, 2.05) is 0 Å². The number of phenols is 3. The minimum atomic E-state index is -1.55.